The summed E-state index contributed by atoms with van der Waals surface area (Å²) in [6.45, 7) is 3.59. The van der Waals surface area contributed by atoms with Crippen molar-refractivity contribution in [2.75, 3.05) is 5.32 Å². The number of furan rings is 1. The van der Waals surface area contributed by atoms with E-state index in [-0.39, 0.29) is 5.91 Å². The molecule has 0 aliphatic carbocycles. The molecule has 0 spiro atoms. The number of nitrogens with one attached hydrogen (secondary N) is 2. The second-order valence-corrected chi connectivity index (χ2v) is 4.67. The van der Waals surface area contributed by atoms with Crippen molar-refractivity contribution in [2.45, 2.75) is 13.8 Å². The van der Waals surface area contributed by atoms with Crippen molar-refractivity contribution in [3.63, 3.8) is 0 Å². The van der Waals surface area contributed by atoms with Gasteiger partial charge in [-0.25, -0.2) is 4.98 Å². The van der Waals surface area contributed by atoms with E-state index in [1.807, 2.05) is 31.2 Å². The Hall–Kier alpha value is -2.89. The van der Waals surface area contributed by atoms with Crippen LogP contribution in [0.1, 0.15) is 21.9 Å². The normalized spacial score (nSPS) is 10.6. The van der Waals surface area contributed by atoms with Crippen LogP contribution < -0.4 is 5.32 Å². The molecule has 0 fully saturated rings. The number of aromatic nitrogens is 3. The lowest BCUT2D eigenvalue weighted by molar-refractivity contribution is 0.102. The summed E-state index contributed by atoms with van der Waals surface area (Å²) in [5.41, 5.74) is 2.04. The van der Waals surface area contributed by atoms with Gasteiger partial charge in [-0.2, -0.15) is 5.10 Å². The molecule has 0 unspecified atom stereocenters. The quantitative estimate of drug-likeness (QED) is 0.773. The molecule has 6 heteroatoms. The SMILES string of the molecule is Cc1nc(-c2cccc(NC(=O)c3ccoc3C)c2)n[nH]1. The number of hydrogen-bond acceptors (Lipinski definition) is 4. The van der Waals surface area contributed by atoms with Crippen LogP contribution in [-0.4, -0.2) is 21.1 Å². The van der Waals surface area contributed by atoms with Gasteiger partial charge in [0.25, 0.3) is 5.91 Å². The molecule has 0 saturated heterocycles. The predicted octanol–water partition coefficient (Wildman–Crippen LogP) is 2.93. The molecule has 0 saturated carbocycles. The van der Waals surface area contributed by atoms with E-state index in [1.54, 1.807) is 13.0 Å². The Labute approximate surface area is 121 Å². The summed E-state index contributed by atoms with van der Waals surface area (Å²) in [5, 5.41) is 9.74. The summed E-state index contributed by atoms with van der Waals surface area (Å²) < 4.78 is 5.13. The number of aryl methyl sites for hydroxylation is 2. The van der Waals surface area contributed by atoms with Crippen molar-refractivity contribution in [1.82, 2.24) is 15.2 Å². The lowest BCUT2D eigenvalue weighted by Gasteiger charge is -2.05. The summed E-state index contributed by atoms with van der Waals surface area (Å²) in [7, 11) is 0. The zero-order valence-corrected chi connectivity index (χ0v) is 11.7. The summed E-state index contributed by atoms with van der Waals surface area (Å²) in [4.78, 5) is 16.4. The highest BCUT2D eigenvalue weighted by Crippen LogP contribution is 2.20. The van der Waals surface area contributed by atoms with Gasteiger partial charge in [0.2, 0.25) is 0 Å². The van der Waals surface area contributed by atoms with Gasteiger partial charge >= 0.3 is 0 Å². The first-order valence-electron chi connectivity index (χ1n) is 6.48. The van der Waals surface area contributed by atoms with Gasteiger partial charge in [-0.05, 0) is 32.0 Å². The summed E-state index contributed by atoms with van der Waals surface area (Å²) in [6.07, 6.45) is 1.50. The molecule has 0 atom stereocenters. The molecule has 1 amide bonds. The minimum atomic E-state index is -0.204. The topological polar surface area (TPSA) is 83.8 Å². The van der Waals surface area contributed by atoms with Crippen LogP contribution in [0.25, 0.3) is 11.4 Å². The number of H-pyrrole nitrogens is 1. The van der Waals surface area contributed by atoms with Gasteiger partial charge in [0.15, 0.2) is 5.82 Å². The highest BCUT2D eigenvalue weighted by atomic mass is 16.3. The third-order valence-corrected chi connectivity index (χ3v) is 3.08. The first-order chi connectivity index (χ1) is 10.1. The number of amides is 1. The number of anilines is 1. The van der Waals surface area contributed by atoms with E-state index in [4.69, 9.17) is 4.42 Å². The van der Waals surface area contributed by atoms with Crippen molar-refractivity contribution in [3.8, 4) is 11.4 Å². The molecular weight excluding hydrogens is 268 g/mol. The molecular formula is C15H14N4O2. The van der Waals surface area contributed by atoms with E-state index >= 15 is 0 Å². The number of aromatic amines is 1. The Bertz CT molecular complexity index is 788. The fourth-order valence-electron chi connectivity index (χ4n) is 2.03. The molecule has 6 nitrogen and oxygen atoms in total. The van der Waals surface area contributed by atoms with E-state index in [0.29, 0.717) is 22.8 Å². The van der Waals surface area contributed by atoms with Gasteiger partial charge in [-0.15, -0.1) is 0 Å². The molecule has 3 aromatic rings. The van der Waals surface area contributed by atoms with Crippen LogP contribution >= 0.6 is 0 Å². The molecule has 2 heterocycles. The third-order valence-electron chi connectivity index (χ3n) is 3.08. The van der Waals surface area contributed by atoms with Crippen LogP contribution in [0.2, 0.25) is 0 Å². The Kier molecular flexibility index (Phi) is 3.27. The zero-order chi connectivity index (χ0) is 14.8. The Balaban J connectivity index is 1.84. The number of carbonyl (C=O) groups is 1. The Morgan fingerprint density at radius 2 is 2.14 bits per heavy atom. The van der Waals surface area contributed by atoms with Crippen molar-refractivity contribution in [1.29, 1.82) is 0 Å². The minimum absolute atomic E-state index is 0.204. The molecule has 106 valence electrons. The largest absolute Gasteiger partial charge is 0.469 e. The Morgan fingerprint density at radius 1 is 1.29 bits per heavy atom. The lowest BCUT2D eigenvalue weighted by Crippen LogP contribution is -2.12. The fraction of sp³-hybridized carbons (Fsp3) is 0.133. The molecule has 2 aromatic heterocycles. The van der Waals surface area contributed by atoms with Gasteiger partial charge in [0, 0.05) is 11.3 Å². The first-order valence-corrected chi connectivity index (χ1v) is 6.48. The standard InChI is InChI=1S/C15H14N4O2/c1-9-13(6-7-21-9)15(20)17-12-5-3-4-11(8-12)14-16-10(2)18-19-14/h3-8H,1-2H3,(H,17,20)(H,16,18,19). The van der Waals surface area contributed by atoms with Crippen LogP contribution in [0.5, 0.6) is 0 Å². The Morgan fingerprint density at radius 3 is 2.81 bits per heavy atom. The van der Waals surface area contributed by atoms with E-state index in [1.165, 1.54) is 6.26 Å². The van der Waals surface area contributed by atoms with Crippen LogP contribution in [0.4, 0.5) is 5.69 Å². The van der Waals surface area contributed by atoms with Crippen molar-refractivity contribution in [3.05, 3.63) is 53.7 Å². The van der Waals surface area contributed by atoms with Crippen LogP contribution in [0, 0.1) is 13.8 Å². The maximum atomic E-state index is 12.1. The number of nitrogens with zero attached hydrogens (tertiary/aromatic N) is 2. The molecule has 0 bridgehead atoms. The maximum absolute atomic E-state index is 12.1. The van der Waals surface area contributed by atoms with Gasteiger partial charge in [0.1, 0.15) is 11.6 Å². The van der Waals surface area contributed by atoms with E-state index < -0.39 is 0 Å². The zero-order valence-electron chi connectivity index (χ0n) is 11.7. The highest BCUT2D eigenvalue weighted by Gasteiger charge is 2.12. The van der Waals surface area contributed by atoms with Crippen molar-refractivity contribution >= 4 is 11.6 Å². The number of hydrogen-bond donors (Lipinski definition) is 2. The van der Waals surface area contributed by atoms with Crippen molar-refractivity contribution in [2.24, 2.45) is 0 Å². The van der Waals surface area contributed by atoms with Gasteiger partial charge in [0.05, 0.1) is 11.8 Å². The van der Waals surface area contributed by atoms with Gasteiger partial charge < -0.3 is 9.73 Å². The van der Waals surface area contributed by atoms with Gasteiger partial charge in [-0.1, -0.05) is 12.1 Å². The second kappa shape index (κ2) is 5.24. The van der Waals surface area contributed by atoms with Crippen LogP contribution in [0.3, 0.4) is 0 Å². The molecule has 0 aliphatic heterocycles. The molecule has 21 heavy (non-hydrogen) atoms. The monoisotopic (exact) mass is 282 g/mol. The third kappa shape index (κ3) is 2.69. The summed E-state index contributed by atoms with van der Waals surface area (Å²) >= 11 is 0. The molecule has 3 rings (SSSR count). The summed E-state index contributed by atoms with van der Waals surface area (Å²) in [6, 6.07) is 9.03. The van der Waals surface area contributed by atoms with Crippen LogP contribution in [-0.2, 0) is 0 Å². The first kappa shape index (κ1) is 13.1. The fourth-order valence-corrected chi connectivity index (χ4v) is 2.03. The average Bonchev–Trinajstić information content (AvgIpc) is 3.08. The molecule has 2 N–H and O–H groups in total. The van der Waals surface area contributed by atoms with E-state index in [0.717, 1.165) is 11.4 Å². The molecule has 0 aliphatic rings. The lowest BCUT2D eigenvalue weighted by atomic mass is 10.2. The van der Waals surface area contributed by atoms with Gasteiger partial charge in [-0.3, -0.25) is 9.89 Å². The van der Waals surface area contributed by atoms with Crippen LogP contribution in [0.15, 0.2) is 41.0 Å². The van der Waals surface area contributed by atoms with Crippen molar-refractivity contribution < 1.29 is 9.21 Å². The molecule has 1 aromatic carbocycles. The molecule has 0 radical (unpaired) electrons. The van der Waals surface area contributed by atoms with E-state index in [9.17, 15) is 4.79 Å². The maximum Gasteiger partial charge on any atom is 0.259 e. The number of rotatable bonds is 3. The number of carbonyl (C=O) groups excluding carboxylic acids is 1. The highest BCUT2D eigenvalue weighted by molar-refractivity contribution is 6.05. The minimum Gasteiger partial charge on any atom is -0.469 e. The average molecular weight is 282 g/mol. The smallest absolute Gasteiger partial charge is 0.259 e. The summed E-state index contributed by atoms with van der Waals surface area (Å²) in [5.74, 6) is 1.73. The predicted molar refractivity (Wildman–Crippen MR) is 78.0 cm³/mol. The number of benzene rings is 1. The second-order valence-electron chi connectivity index (χ2n) is 4.67. The van der Waals surface area contributed by atoms with E-state index in [2.05, 4.69) is 20.5 Å².